The highest BCUT2D eigenvalue weighted by molar-refractivity contribution is 6.42. The van der Waals surface area contributed by atoms with E-state index in [1.54, 1.807) is 0 Å². The predicted octanol–water partition coefficient (Wildman–Crippen LogP) is 5.45. The molecule has 152 valence electrons. The number of hydrogen-bond donors (Lipinski definition) is 1. The molecule has 0 atom stereocenters. The Bertz CT molecular complexity index is 960. The molecule has 2 heterocycles. The second-order valence-corrected chi connectivity index (χ2v) is 8.43. The molecule has 3 aromatic rings. The molecule has 1 aromatic heterocycles. The summed E-state index contributed by atoms with van der Waals surface area (Å²) in [5.74, 6) is 0.950. The third kappa shape index (κ3) is 5.33. The Morgan fingerprint density at radius 3 is 2.62 bits per heavy atom. The first-order valence-corrected chi connectivity index (χ1v) is 10.8. The minimum Gasteiger partial charge on any atom is -0.461 e. The van der Waals surface area contributed by atoms with Crippen LogP contribution < -0.4 is 5.32 Å². The highest BCUT2D eigenvalue weighted by Crippen LogP contribution is 2.24. The molecule has 1 saturated heterocycles. The van der Waals surface area contributed by atoms with Crippen LogP contribution in [0.3, 0.4) is 0 Å². The summed E-state index contributed by atoms with van der Waals surface area (Å²) in [6.07, 6.45) is 2.98. The number of nitrogens with one attached hydrogen (secondary N) is 1. The number of amides is 1. The standard InChI is InChI=1S/C23H24Cl2N2O2/c24-20-7-5-16(13-21(20)25)15-27-11-9-18(10-12-27)26-23(28)8-6-19-14-17-3-1-2-4-22(17)29-19/h1-5,7,13-14,18H,6,8-12,15H2,(H,26,28). The molecule has 6 heteroatoms. The van der Waals surface area contributed by atoms with Gasteiger partial charge in [-0.2, -0.15) is 0 Å². The number of likely N-dealkylation sites (tertiary alicyclic amines) is 1. The van der Waals surface area contributed by atoms with E-state index in [0.29, 0.717) is 22.9 Å². The number of furan rings is 1. The minimum atomic E-state index is 0.0911. The van der Waals surface area contributed by atoms with E-state index in [1.807, 2.05) is 48.5 Å². The summed E-state index contributed by atoms with van der Waals surface area (Å²) in [4.78, 5) is 14.7. The molecule has 0 radical (unpaired) electrons. The first-order valence-electron chi connectivity index (χ1n) is 10.00. The quantitative estimate of drug-likeness (QED) is 0.564. The molecule has 0 saturated carbocycles. The summed E-state index contributed by atoms with van der Waals surface area (Å²) in [6, 6.07) is 16.0. The van der Waals surface area contributed by atoms with Crippen LogP contribution in [0.2, 0.25) is 10.0 Å². The van der Waals surface area contributed by atoms with Crippen molar-refractivity contribution in [2.24, 2.45) is 0 Å². The van der Waals surface area contributed by atoms with Crippen LogP contribution in [-0.4, -0.2) is 29.9 Å². The van der Waals surface area contributed by atoms with Gasteiger partial charge in [-0.25, -0.2) is 0 Å². The van der Waals surface area contributed by atoms with Crippen molar-refractivity contribution in [1.82, 2.24) is 10.2 Å². The summed E-state index contributed by atoms with van der Waals surface area (Å²) >= 11 is 12.1. The number of rotatable bonds is 6. The van der Waals surface area contributed by atoms with Crippen LogP contribution in [0.15, 0.2) is 52.9 Å². The SMILES string of the molecule is O=C(CCc1cc2ccccc2o1)NC1CCN(Cc2ccc(Cl)c(Cl)c2)CC1. The molecule has 0 bridgehead atoms. The summed E-state index contributed by atoms with van der Waals surface area (Å²) in [7, 11) is 0. The van der Waals surface area contributed by atoms with E-state index in [-0.39, 0.29) is 11.9 Å². The van der Waals surface area contributed by atoms with Gasteiger partial charge in [0, 0.05) is 43.9 Å². The number of aryl methyl sites for hydroxylation is 1. The zero-order valence-corrected chi connectivity index (χ0v) is 17.7. The van der Waals surface area contributed by atoms with E-state index in [2.05, 4.69) is 10.2 Å². The van der Waals surface area contributed by atoms with Gasteiger partial charge in [-0.05, 0) is 42.7 Å². The molecule has 2 aromatic carbocycles. The lowest BCUT2D eigenvalue weighted by Crippen LogP contribution is -2.44. The van der Waals surface area contributed by atoms with Crippen LogP contribution in [-0.2, 0) is 17.8 Å². The number of benzene rings is 2. The maximum absolute atomic E-state index is 12.3. The summed E-state index contributed by atoms with van der Waals surface area (Å²) in [5, 5.41) is 5.43. The molecule has 4 rings (SSSR count). The Kier molecular flexibility index (Phi) is 6.43. The van der Waals surface area contributed by atoms with Gasteiger partial charge in [0.2, 0.25) is 5.91 Å². The van der Waals surface area contributed by atoms with Crippen molar-refractivity contribution in [2.45, 2.75) is 38.3 Å². The second kappa shape index (κ2) is 9.21. The Morgan fingerprint density at radius 1 is 1.07 bits per heavy atom. The molecule has 1 fully saturated rings. The summed E-state index contributed by atoms with van der Waals surface area (Å²) in [5.41, 5.74) is 2.03. The van der Waals surface area contributed by atoms with E-state index >= 15 is 0 Å². The first kappa shape index (κ1) is 20.3. The lowest BCUT2D eigenvalue weighted by atomic mass is 10.0. The molecule has 0 aliphatic carbocycles. The largest absolute Gasteiger partial charge is 0.461 e. The number of para-hydroxylation sites is 1. The van der Waals surface area contributed by atoms with E-state index in [9.17, 15) is 4.79 Å². The molecule has 1 aliphatic rings. The van der Waals surface area contributed by atoms with Gasteiger partial charge in [-0.15, -0.1) is 0 Å². The maximum Gasteiger partial charge on any atom is 0.220 e. The fraction of sp³-hybridized carbons (Fsp3) is 0.348. The van der Waals surface area contributed by atoms with Crippen molar-refractivity contribution in [3.63, 3.8) is 0 Å². The van der Waals surface area contributed by atoms with Gasteiger partial charge in [0.25, 0.3) is 0 Å². The summed E-state index contributed by atoms with van der Waals surface area (Å²) < 4.78 is 5.79. The Balaban J connectivity index is 1.20. The lowest BCUT2D eigenvalue weighted by Gasteiger charge is -2.32. The number of fused-ring (bicyclic) bond motifs is 1. The molecule has 4 nitrogen and oxygen atoms in total. The molecule has 0 unspecified atom stereocenters. The number of carbonyl (C=O) groups is 1. The zero-order valence-electron chi connectivity index (χ0n) is 16.2. The van der Waals surface area contributed by atoms with E-state index < -0.39 is 0 Å². The molecule has 0 spiro atoms. The van der Waals surface area contributed by atoms with Crippen LogP contribution >= 0.6 is 23.2 Å². The van der Waals surface area contributed by atoms with E-state index in [1.165, 1.54) is 0 Å². The topological polar surface area (TPSA) is 45.5 Å². The average molecular weight is 431 g/mol. The number of nitrogens with zero attached hydrogens (tertiary/aromatic N) is 1. The molecular formula is C23H24Cl2N2O2. The van der Waals surface area contributed by atoms with Gasteiger partial charge in [0.1, 0.15) is 11.3 Å². The normalized spacial score (nSPS) is 15.7. The average Bonchev–Trinajstić information content (AvgIpc) is 3.14. The molecular weight excluding hydrogens is 407 g/mol. The Hall–Kier alpha value is -2.01. The van der Waals surface area contributed by atoms with Crippen LogP contribution in [0.1, 0.15) is 30.6 Å². The fourth-order valence-corrected chi connectivity index (χ4v) is 4.15. The molecule has 1 amide bonds. The monoisotopic (exact) mass is 430 g/mol. The van der Waals surface area contributed by atoms with Crippen LogP contribution in [0.25, 0.3) is 11.0 Å². The van der Waals surface area contributed by atoms with Gasteiger partial charge in [0.15, 0.2) is 0 Å². The van der Waals surface area contributed by atoms with E-state index in [0.717, 1.165) is 54.8 Å². The van der Waals surface area contributed by atoms with Gasteiger partial charge in [-0.3, -0.25) is 9.69 Å². The van der Waals surface area contributed by atoms with Crippen molar-refractivity contribution in [1.29, 1.82) is 0 Å². The second-order valence-electron chi connectivity index (χ2n) is 7.62. The molecule has 1 aliphatic heterocycles. The van der Waals surface area contributed by atoms with Gasteiger partial charge in [-0.1, -0.05) is 47.5 Å². The predicted molar refractivity (Wildman–Crippen MR) is 117 cm³/mol. The van der Waals surface area contributed by atoms with Crippen molar-refractivity contribution in [3.05, 3.63) is 69.9 Å². The Morgan fingerprint density at radius 2 is 1.86 bits per heavy atom. The number of halogens is 2. The van der Waals surface area contributed by atoms with Crippen LogP contribution in [0, 0.1) is 0 Å². The third-order valence-electron chi connectivity index (χ3n) is 5.42. The smallest absolute Gasteiger partial charge is 0.220 e. The lowest BCUT2D eigenvalue weighted by molar-refractivity contribution is -0.122. The number of hydrogen-bond acceptors (Lipinski definition) is 3. The van der Waals surface area contributed by atoms with Gasteiger partial charge >= 0.3 is 0 Å². The summed E-state index contributed by atoms with van der Waals surface area (Å²) in [6.45, 7) is 2.76. The van der Waals surface area contributed by atoms with Crippen LogP contribution in [0.4, 0.5) is 0 Å². The van der Waals surface area contributed by atoms with E-state index in [4.69, 9.17) is 27.6 Å². The number of carbonyl (C=O) groups excluding carboxylic acids is 1. The maximum atomic E-state index is 12.3. The number of piperidine rings is 1. The minimum absolute atomic E-state index is 0.0911. The molecule has 29 heavy (non-hydrogen) atoms. The zero-order chi connectivity index (χ0) is 20.2. The van der Waals surface area contributed by atoms with Gasteiger partial charge < -0.3 is 9.73 Å². The third-order valence-corrected chi connectivity index (χ3v) is 6.16. The highest BCUT2D eigenvalue weighted by Gasteiger charge is 2.21. The fourth-order valence-electron chi connectivity index (χ4n) is 3.83. The van der Waals surface area contributed by atoms with Crippen LogP contribution in [0.5, 0.6) is 0 Å². The Labute approximate surface area is 180 Å². The highest BCUT2D eigenvalue weighted by atomic mass is 35.5. The van der Waals surface area contributed by atoms with Crippen molar-refractivity contribution < 1.29 is 9.21 Å². The van der Waals surface area contributed by atoms with Crippen molar-refractivity contribution in [2.75, 3.05) is 13.1 Å². The van der Waals surface area contributed by atoms with Crippen molar-refractivity contribution in [3.8, 4) is 0 Å². The molecule has 1 N–H and O–H groups in total. The van der Waals surface area contributed by atoms with Crippen molar-refractivity contribution >= 4 is 40.1 Å². The van der Waals surface area contributed by atoms with Gasteiger partial charge in [0.05, 0.1) is 10.0 Å². The first-order chi connectivity index (χ1) is 14.1.